The molecule has 0 spiro atoms. The molecule has 1 aromatic heterocycles. The SMILES string of the molecule is CC(C)Cc1ncc(CC(=O)O)c(=O)[nH]1. The number of rotatable bonds is 4. The second-order valence-corrected chi connectivity index (χ2v) is 3.85. The van der Waals surface area contributed by atoms with E-state index in [0.29, 0.717) is 18.2 Å². The van der Waals surface area contributed by atoms with Gasteiger partial charge in [0.2, 0.25) is 0 Å². The monoisotopic (exact) mass is 210 g/mol. The van der Waals surface area contributed by atoms with Gasteiger partial charge < -0.3 is 10.1 Å². The van der Waals surface area contributed by atoms with Gasteiger partial charge in [0, 0.05) is 18.2 Å². The summed E-state index contributed by atoms with van der Waals surface area (Å²) < 4.78 is 0. The number of hydrogen-bond acceptors (Lipinski definition) is 3. The average Bonchev–Trinajstić information content (AvgIpc) is 2.08. The maximum atomic E-state index is 11.4. The van der Waals surface area contributed by atoms with Gasteiger partial charge in [-0.3, -0.25) is 9.59 Å². The quantitative estimate of drug-likeness (QED) is 0.762. The first kappa shape index (κ1) is 11.4. The minimum atomic E-state index is -1.03. The van der Waals surface area contributed by atoms with Gasteiger partial charge in [0.05, 0.1) is 6.42 Å². The fraction of sp³-hybridized carbons (Fsp3) is 0.500. The number of nitrogens with one attached hydrogen (secondary N) is 1. The van der Waals surface area contributed by atoms with Crippen molar-refractivity contribution in [1.29, 1.82) is 0 Å². The van der Waals surface area contributed by atoms with Crippen molar-refractivity contribution in [1.82, 2.24) is 9.97 Å². The van der Waals surface area contributed by atoms with Crippen LogP contribution in [0, 0.1) is 5.92 Å². The van der Waals surface area contributed by atoms with Gasteiger partial charge in [-0.1, -0.05) is 13.8 Å². The van der Waals surface area contributed by atoms with Gasteiger partial charge in [-0.15, -0.1) is 0 Å². The Hall–Kier alpha value is -1.65. The maximum Gasteiger partial charge on any atom is 0.308 e. The molecule has 2 N–H and O–H groups in total. The van der Waals surface area contributed by atoms with Crippen LogP contribution in [0.2, 0.25) is 0 Å². The molecule has 0 saturated heterocycles. The maximum absolute atomic E-state index is 11.4. The van der Waals surface area contributed by atoms with Crippen LogP contribution >= 0.6 is 0 Å². The number of aromatic nitrogens is 2. The fourth-order valence-electron chi connectivity index (χ4n) is 1.24. The molecule has 82 valence electrons. The predicted molar refractivity (Wildman–Crippen MR) is 54.7 cm³/mol. The Morgan fingerprint density at radius 2 is 2.27 bits per heavy atom. The van der Waals surface area contributed by atoms with Crippen molar-refractivity contribution in [3.05, 3.63) is 27.9 Å². The van der Waals surface area contributed by atoms with Crippen molar-refractivity contribution in [3.63, 3.8) is 0 Å². The number of aliphatic carboxylic acids is 1. The molecule has 0 bridgehead atoms. The first-order valence-corrected chi connectivity index (χ1v) is 4.78. The third kappa shape index (κ3) is 3.53. The number of carbonyl (C=O) groups is 1. The molecule has 0 aliphatic heterocycles. The Bertz CT molecular complexity index is 409. The molecule has 15 heavy (non-hydrogen) atoms. The van der Waals surface area contributed by atoms with Crippen LogP contribution in [0.4, 0.5) is 0 Å². The van der Waals surface area contributed by atoms with Gasteiger partial charge in [0.25, 0.3) is 5.56 Å². The zero-order valence-corrected chi connectivity index (χ0v) is 8.78. The van der Waals surface area contributed by atoms with E-state index in [2.05, 4.69) is 9.97 Å². The van der Waals surface area contributed by atoms with E-state index in [4.69, 9.17) is 5.11 Å². The summed E-state index contributed by atoms with van der Waals surface area (Å²) in [6.45, 7) is 4.04. The van der Waals surface area contributed by atoms with E-state index in [1.807, 2.05) is 13.8 Å². The van der Waals surface area contributed by atoms with Gasteiger partial charge in [-0.05, 0) is 5.92 Å². The Labute approximate surface area is 87.2 Å². The second kappa shape index (κ2) is 4.72. The molecule has 1 rings (SSSR count). The molecule has 0 amide bonds. The molecule has 0 aliphatic carbocycles. The van der Waals surface area contributed by atoms with Crippen LogP contribution in [0.25, 0.3) is 0 Å². The molecule has 0 saturated carbocycles. The molecule has 0 radical (unpaired) electrons. The van der Waals surface area contributed by atoms with E-state index in [-0.39, 0.29) is 17.5 Å². The standard InChI is InChI=1S/C10H14N2O3/c1-6(2)3-8-11-5-7(4-9(13)14)10(15)12-8/h5-6H,3-4H2,1-2H3,(H,13,14)(H,11,12,15). The zero-order valence-electron chi connectivity index (χ0n) is 8.78. The number of aromatic amines is 1. The van der Waals surface area contributed by atoms with Crippen molar-refractivity contribution < 1.29 is 9.90 Å². The van der Waals surface area contributed by atoms with Crippen LogP contribution < -0.4 is 5.56 Å². The smallest absolute Gasteiger partial charge is 0.308 e. The van der Waals surface area contributed by atoms with E-state index in [1.165, 1.54) is 6.20 Å². The lowest BCUT2D eigenvalue weighted by Gasteiger charge is -2.04. The molecular weight excluding hydrogens is 196 g/mol. The number of H-pyrrole nitrogens is 1. The van der Waals surface area contributed by atoms with Crippen LogP contribution in [0.1, 0.15) is 25.2 Å². The average molecular weight is 210 g/mol. The summed E-state index contributed by atoms with van der Waals surface area (Å²) in [5.74, 6) is -0.0264. The molecule has 5 heteroatoms. The highest BCUT2D eigenvalue weighted by atomic mass is 16.4. The molecule has 0 unspecified atom stereocenters. The molecule has 1 heterocycles. The van der Waals surface area contributed by atoms with Crippen molar-refractivity contribution in [3.8, 4) is 0 Å². The Balaban J connectivity index is 2.88. The van der Waals surface area contributed by atoms with Crippen molar-refractivity contribution in [2.45, 2.75) is 26.7 Å². The summed E-state index contributed by atoms with van der Waals surface area (Å²) in [6.07, 6.45) is 1.73. The van der Waals surface area contributed by atoms with Crippen molar-refractivity contribution >= 4 is 5.97 Å². The van der Waals surface area contributed by atoms with E-state index >= 15 is 0 Å². The van der Waals surface area contributed by atoms with Crippen LogP contribution in [0.5, 0.6) is 0 Å². The Kier molecular flexibility index (Phi) is 3.60. The summed E-state index contributed by atoms with van der Waals surface area (Å²) in [4.78, 5) is 28.4. The summed E-state index contributed by atoms with van der Waals surface area (Å²) in [5.41, 5.74) is -0.168. The Morgan fingerprint density at radius 1 is 1.60 bits per heavy atom. The largest absolute Gasteiger partial charge is 0.481 e. The van der Waals surface area contributed by atoms with Gasteiger partial charge >= 0.3 is 5.97 Å². The van der Waals surface area contributed by atoms with Gasteiger partial charge in [-0.25, -0.2) is 4.98 Å². The molecular formula is C10H14N2O3. The fourth-order valence-corrected chi connectivity index (χ4v) is 1.24. The number of nitrogens with zero attached hydrogens (tertiary/aromatic N) is 1. The van der Waals surface area contributed by atoms with Crippen molar-refractivity contribution in [2.75, 3.05) is 0 Å². The molecule has 0 fully saturated rings. The molecule has 0 atom stereocenters. The predicted octanol–water partition coefficient (Wildman–Crippen LogP) is 0.595. The molecule has 0 aromatic carbocycles. The van der Waals surface area contributed by atoms with Crippen LogP contribution in [-0.4, -0.2) is 21.0 Å². The lowest BCUT2D eigenvalue weighted by Crippen LogP contribution is -2.19. The highest BCUT2D eigenvalue weighted by molar-refractivity contribution is 5.69. The minimum Gasteiger partial charge on any atom is -0.481 e. The summed E-state index contributed by atoms with van der Waals surface area (Å²) in [5, 5.41) is 8.53. The minimum absolute atomic E-state index is 0.190. The highest BCUT2D eigenvalue weighted by Crippen LogP contribution is 2.00. The van der Waals surface area contributed by atoms with E-state index in [1.54, 1.807) is 0 Å². The van der Waals surface area contributed by atoms with Crippen LogP contribution in [0.3, 0.4) is 0 Å². The lowest BCUT2D eigenvalue weighted by atomic mass is 10.1. The van der Waals surface area contributed by atoms with E-state index in [0.717, 1.165) is 0 Å². The highest BCUT2D eigenvalue weighted by Gasteiger charge is 2.07. The van der Waals surface area contributed by atoms with Crippen LogP contribution in [-0.2, 0) is 17.6 Å². The van der Waals surface area contributed by atoms with E-state index in [9.17, 15) is 9.59 Å². The molecule has 5 nitrogen and oxygen atoms in total. The third-order valence-corrected chi connectivity index (χ3v) is 1.87. The van der Waals surface area contributed by atoms with Gasteiger partial charge in [0.1, 0.15) is 5.82 Å². The lowest BCUT2D eigenvalue weighted by molar-refractivity contribution is -0.136. The first-order chi connectivity index (χ1) is 6.99. The van der Waals surface area contributed by atoms with Crippen molar-refractivity contribution in [2.24, 2.45) is 5.92 Å². The zero-order chi connectivity index (χ0) is 11.4. The van der Waals surface area contributed by atoms with Gasteiger partial charge in [0.15, 0.2) is 0 Å². The van der Waals surface area contributed by atoms with E-state index < -0.39 is 5.97 Å². The molecule has 0 aliphatic rings. The molecule has 1 aromatic rings. The summed E-state index contributed by atoms with van der Waals surface area (Å²) in [6, 6.07) is 0. The topological polar surface area (TPSA) is 83.0 Å². The summed E-state index contributed by atoms with van der Waals surface area (Å²) >= 11 is 0. The normalized spacial score (nSPS) is 10.6. The van der Waals surface area contributed by atoms with Gasteiger partial charge in [-0.2, -0.15) is 0 Å². The number of carboxylic acids is 1. The second-order valence-electron chi connectivity index (χ2n) is 3.85. The van der Waals surface area contributed by atoms with Crippen LogP contribution in [0.15, 0.2) is 11.0 Å². The Morgan fingerprint density at radius 3 is 2.73 bits per heavy atom. The number of hydrogen-bond donors (Lipinski definition) is 2. The third-order valence-electron chi connectivity index (χ3n) is 1.87. The number of carboxylic acid groups (broad SMARTS) is 1. The summed E-state index contributed by atoms with van der Waals surface area (Å²) in [7, 11) is 0. The first-order valence-electron chi connectivity index (χ1n) is 4.78.